The number of H-pyrrole nitrogens is 1. The van der Waals surface area contributed by atoms with E-state index in [1.54, 1.807) is 11.1 Å². The van der Waals surface area contributed by atoms with Gasteiger partial charge in [-0.3, -0.25) is 14.7 Å². The van der Waals surface area contributed by atoms with Gasteiger partial charge in [-0.15, -0.1) is 0 Å². The van der Waals surface area contributed by atoms with Crippen molar-refractivity contribution in [3.05, 3.63) is 42.2 Å². The monoisotopic (exact) mass is 471 g/mol. The van der Waals surface area contributed by atoms with Crippen LogP contribution >= 0.6 is 0 Å². The number of likely N-dealkylation sites (tertiary alicyclic amines) is 1. The molecule has 1 unspecified atom stereocenters. The van der Waals surface area contributed by atoms with Gasteiger partial charge in [0.05, 0.1) is 35.0 Å². The van der Waals surface area contributed by atoms with E-state index in [-0.39, 0.29) is 19.9 Å². The molecule has 1 aliphatic heterocycles. The van der Waals surface area contributed by atoms with Crippen LogP contribution in [-0.2, 0) is 9.59 Å². The number of aromatic nitrogens is 3. The molecule has 3 aromatic rings. The number of nitrogen functional groups attached to an aromatic ring is 1. The van der Waals surface area contributed by atoms with Gasteiger partial charge in [0.1, 0.15) is 5.82 Å². The van der Waals surface area contributed by atoms with Crippen molar-refractivity contribution in [3.8, 4) is 0 Å². The summed E-state index contributed by atoms with van der Waals surface area (Å²) >= 11 is 0. The molecule has 0 bridgehead atoms. The second kappa shape index (κ2) is 10.5. The summed E-state index contributed by atoms with van der Waals surface area (Å²) in [4.78, 5) is 34.1. The Hall–Kier alpha value is -3.33. The lowest BCUT2D eigenvalue weighted by Gasteiger charge is -2.36. The largest absolute Gasteiger partial charge is 1.00 e. The third-order valence-corrected chi connectivity index (χ3v) is 6.11. The van der Waals surface area contributed by atoms with Gasteiger partial charge in [0.2, 0.25) is 0 Å². The number of fused-ring (bicyclic) bond motifs is 1. The average molecular weight is 472 g/mol. The molecule has 1 saturated heterocycles. The van der Waals surface area contributed by atoms with Crippen molar-refractivity contribution in [2.45, 2.75) is 39.2 Å². The highest BCUT2D eigenvalue weighted by atomic mass is 35.5. The number of hydrogen-bond donors (Lipinski definition) is 3. The van der Waals surface area contributed by atoms with Crippen LogP contribution in [0.15, 0.2) is 36.7 Å². The van der Waals surface area contributed by atoms with Crippen molar-refractivity contribution in [2.24, 2.45) is 0 Å². The number of amides is 2. The summed E-state index contributed by atoms with van der Waals surface area (Å²) in [7, 11) is 0. The maximum Gasteiger partial charge on any atom is 1.00 e. The number of rotatable bonds is 5. The summed E-state index contributed by atoms with van der Waals surface area (Å²) in [5.74, 6) is -0.936. The maximum atomic E-state index is 13.2. The minimum atomic E-state index is -0.695. The summed E-state index contributed by atoms with van der Waals surface area (Å²) in [6.07, 6.45) is 5.69. The van der Waals surface area contributed by atoms with Crippen LogP contribution < -0.4 is 28.4 Å². The first-order valence-electron chi connectivity index (χ1n) is 11.1. The van der Waals surface area contributed by atoms with E-state index in [4.69, 9.17) is 5.73 Å². The molecule has 0 radical (unpaired) electrons. The molecule has 176 valence electrons. The molecule has 0 aliphatic carbocycles. The van der Waals surface area contributed by atoms with E-state index in [1.165, 1.54) is 6.20 Å². The number of halogens is 1. The van der Waals surface area contributed by atoms with E-state index in [1.807, 2.05) is 12.1 Å². The Morgan fingerprint density at radius 2 is 2.06 bits per heavy atom. The van der Waals surface area contributed by atoms with Crippen LogP contribution in [0.25, 0.3) is 10.9 Å². The van der Waals surface area contributed by atoms with Crippen LogP contribution in [0.2, 0.25) is 0 Å². The summed E-state index contributed by atoms with van der Waals surface area (Å²) < 4.78 is 0. The molecule has 1 atom stereocenters. The molecule has 1 aliphatic rings. The molecule has 0 spiro atoms. The Morgan fingerprint density at radius 1 is 1.27 bits per heavy atom. The number of carbonyl (C=O) groups excluding carboxylic acids is 2. The third kappa shape index (κ3) is 4.88. The van der Waals surface area contributed by atoms with Crippen LogP contribution in [0.1, 0.15) is 46.1 Å². The normalized spacial score (nSPS) is 15.7. The third-order valence-electron chi connectivity index (χ3n) is 6.11. The van der Waals surface area contributed by atoms with Crippen molar-refractivity contribution < 1.29 is 23.4 Å². The van der Waals surface area contributed by atoms with E-state index in [0.717, 1.165) is 43.6 Å². The Morgan fingerprint density at radius 3 is 2.82 bits per heavy atom. The topological polar surface area (TPSA) is 120 Å². The fourth-order valence-corrected chi connectivity index (χ4v) is 4.39. The zero-order valence-electron chi connectivity index (χ0n) is 19.8. The zero-order valence-corrected chi connectivity index (χ0v) is 19.6. The standard InChI is InChI=1S/C23H29N7O2.ClH/c1-3-29(4-2)16-9-7-8-15(12-16)19-10-5-6-11-30(19)23(32)22(31)27-18-14-25-21(24)17-13-26-28-20(17)18;/h7-9,12-14,19H,3-6,10-11H2,1-2H3,(H2,24,25)(H,26,28)(H,27,31);1H. The molecule has 33 heavy (non-hydrogen) atoms. The number of benzene rings is 1. The molecule has 3 heterocycles. The first-order chi connectivity index (χ1) is 15.5. The second-order valence-electron chi connectivity index (χ2n) is 7.95. The molecule has 9 nitrogen and oxygen atoms in total. The number of aromatic amines is 1. The van der Waals surface area contributed by atoms with E-state index in [9.17, 15) is 9.59 Å². The van der Waals surface area contributed by atoms with Crippen molar-refractivity contribution >= 4 is 39.9 Å². The lowest BCUT2D eigenvalue weighted by atomic mass is 9.94. The number of hydrogen-bond acceptors (Lipinski definition) is 6. The van der Waals surface area contributed by atoms with Crippen molar-refractivity contribution in [3.63, 3.8) is 0 Å². The lowest BCUT2D eigenvalue weighted by Crippen LogP contribution is -3.00. The molecule has 2 aromatic heterocycles. The number of nitrogens with two attached hydrogens (primary N) is 1. The van der Waals surface area contributed by atoms with Gasteiger partial charge < -0.3 is 33.3 Å². The van der Waals surface area contributed by atoms with Gasteiger partial charge in [0, 0.05) is 25.3 Å². The Kier molecular flexibility index (Phi) is 7.75. The number of piperidine rings is 1. The highest BCUT2D eigenvalue weighted by molar-refractivity contribution is 6.40. The summed E-state index contributed by atoms with van der Waals surface area (Å²) in [6.45, 7) is 6.62. The van der Waals surface area contributed by atoms with Crippen LogP contribution in [0, 0.1) is 0 Å². The first kappa shape index (κ1) is 24.3. The minimum Gasteiger partial charge on any atom is -1.00 e. The summed E-state index contributed by atoms with van der Waals surface area (Å²) in [5.41, 5.74) is 8.96. The SMILES string of the molecule is CCN(CC)c1cccc(C2CCCCN2C(=O)C(=O)Nc2cnc(N)c3cn[nH]c23)c1.[Cl-].[H+]. The molecule has 0 saturated carbocycles. The highest BCUT2D eigenvalue weighted by Gasteiger charge is 2.32. The van der Waals surface area contributed by atoms with Gasteiger partial charge in [-0.05, 0) is 50.8 Å². The van der Waals surface area contributed by atoms with Crippen molar-refractivity contribution in [1.82, 2.24) is 20.1 Å². The highest BCUT2D eigenvalue weighted by Crippen LogP contribution is 2.33. The Balaban J connectivity index is 0.00000204. The van der Waals surface area contributed by atoms with Gasteiger partial charge in [-0.25, -0.2) is 4.98 Å². The predicted molar refractivity (Wildman–Crippen MR) is 126 cm³/mol. The van der Waals surface area contributed by atoms with Gasteiger partial charge in [-0.2, -0.15) is 5.10 Å². The summed E-state index contributed by atoms with van der Waals surface area (Å²) in [5, 5.41) is 10.0. The van der Waals surface area contributed by atoms with Gasteiger partial charge >= 0.3 is 13.2 Å². The molecular weight excluding hydrogens is 442 g/mol. The smallest absolute Gasteiger partial charge is 1.00 e. The van der Waals surface area contributed by atoms with E-state index in [0.29, 0.717) is 29.0 Å². The van der Waals surface area contributed by atoms with Gasteiger partial charge in [0.25, 0.3) is 0 Å². The molecule has 4 N–H and O–H groups in total. The van der Waals surface area contributed by atoms with Crippen LogP contribution in [0.4, 0.5) is 17.2 Å². The van der Waals surface area contributed by atoms with E-state index >= 15 is 0 Å². The van der Waals surface area contributed by atoms with Crippen LogP contribution in [0.5, 0.6) is 0 Å². The summed E-state index contributed by atoms with van der Waals surface area (Å²) in [6, 6.07) is 8.16. The number of anilines is 3. The van der Waals surface area contributed by atoms with Crippen LogP contribution in [-0.4, -0.2) is 51.5 Å². The van der Waals surface area contributed by atoms with E-state index in [2.05, 4.69) is 51.4 Å². The van der Waals surface area contributed by atoms with Crippen molar-refractivity contribution in [2.75, 3.05) is 35.6 Å². The van der Waals surface area contributed by atoms with Crippen molar-refractivity contribution in [1.29, 1.82) is 0 Å². The first-order valence-corrected chi connectivity index (χ1v) is 11.1. The molecule has 10 heteroatoms. The fourth-order valence-electron chi connectivity index (χ4n) is 4.39. The zero-order chi connectivity index (χ0) is 22.7. The fraction of sp³-hybridized carbons (Fsp3) is 0.391. The molecule has 2 amide bonds. The number of carbonyl (C=O) groups is 2. The maximum absolute atomic E-state index is 13.2. The number of pyridine rings is 1. The minimum absolute atomic E-state index is 0. The second-order valence-corrected chi connectivity index (χ2v) is 7.95. The predicted octanol–water partition coefficient (Wildman–Crippen LogP) is 0.195. The number of nitrogens with zero attached hydrogens (tertiary/aromatic N) is 4. The Labute approximate surface area is 200 Å². The average Bonchev–Trinajstić information content (AvgIpc) is 3.33. The van der Waals surface area contributed by atoms with Crippen LogP contribution in [0.3, 0.4) is 0 Å². The van der Waals surface area contributed by atoms with Gasteiger partial charge in [0.15, 0.2) is 0 Å². The molecule has 4 rings (SSSR count). The van der Waals surface area contributed by atoms with E-state index < -0.39 is 11.8 Å². The Bertz CT molecular complexity index is 1140. The quantitative estimate of drug-likeness (QED) is 0.457. The number of nitrogens with one attached hydrogen (secondary N) is 2. The lowest BCUT2D eigenvalue weighted by molar-refractivity contribution is -0.145. The molecular formula is C23H30ClN7O2. The van der Waals surface area contributed by atoms with Gasteiger partial charge in [-0.1, -0.05) is 12.1 Å². The molecule has 1 fully saturated rings. The molecule has 1 aromatic carbocycles.